The van der Waals surface area contributed by atoms with E-state index in [1.807, 2.05) is 17.8 Å². The molecule has 1 saturated heterocycles. The number of nitrogens with one attached hydrogen (secondary N) is 1. The van der Waals surface area contributed by atoms with Crippen LogP contribution in [0.3, 0.4) is 0 Å². The summed E-state index contributed by atoms with van der Waals surface area (Å²) in [5.41, 5.74) is 2.17. The zero-order valence-corrected chi connectivity index (χ0v) is 13.7. The van der Waals surface area contributed by atoms with Crippen LogP contribution in [0.25, 0.3) is 0 Å². The van der Waals surface area contributed by atoms with Gasteiger partial charge in [-0.3, -0.25) is 4.79 Å². The van der Waals surface area contributed by atoms with Gasteiger partial charge in [-0.05, 0) is 18.6 Å². The number of rotatable bonds is 1. The molecule has 2 aliphatic rings. The highest BCUT2D eigenvalue weighted by molar-refractivity contribution is 8.00. The van der Waals surface area contributed by atoms with Crippen molar-refractivity contribution >= 4 is 40.6 Å². The van der Waals surface area contributed by atoms with Gasteiger partial charge in [-0.2, -0.15) is 11.8 Å². The van der Waals surface area contributed by atoms with Crippen LogP contribution in [0.1, 0.15) is 31.9 Å². The molecule has 4 nitrogen and oxygen atoms in total. The molecule has 1 amide bonds. The highest BCUT2D eigenvalue weighted by atomic mass is 35.5. The molecule has 6 heteroatoms. The lowest BCUT2D eigenvalue weighted by Crippen LogP contribution is -2.27. The summed E-state index contributed by atoms with van der Waals surface area (Å²) in [5.74, 6) is 0.667. The topological polar surface area (TPSA) is 52.6 Å². The van der Waals surface area contributed by atoms with Crippen molar-refractivity contribution in [2.45, 2.75) is 31.1 Å². The summed E-state index contributed by atoms with van der Waals surface area (Å²) in [7, 11) is 0. The van der Waals surface area contributed by atoms with Crippen LogP contribution in [0.5, 0.6) is 0 Å². The SMILES string of the molecule is CC1(C)CCN(c2cc3c(cc2Cl)C(O)C(=O)N3)CCS1. The van der Waals surface area contributed by atoms with E-state index in [9.17, 15) is 9.90 Å². The van der Waals surface area contributed by atoms with Crippen LogP contribution in [0.4, 0.5) is 11.4 Å². The van der Waals surface area contributed by atoms with Crippen LogP contribution in [-0.2, 0) is 4.79 Å². The smallest absolute Gasteiger partial charge is 0.257 e. The Balaban J connectivity index is 1.90. The number of carbonyl (C=O) groups is 1. The summed E-state index contributed by atoms with van der Waals surface area (Å²) in [6.45, 7) is 6.40. The van der Waals surface area contributed by atoms with E-state index in [4.69, 9.17) is 11.6 Å². The quantitative estimate of drug-likeness (QED) is 0.833. The molecule has 2 heterocycles. The van der Waals surface area contributed by atoms with E-state index >= 15 is 0 Å². The summed E-state index contributed by atoms with van der Waals surface area (Å²) in [6, 6.07) is 3.59. The van der Waals surface area contributed by atoms with Crippen LogP contribution in [0.2, 0.25) is 5.02 Å². The molecule has 1 aromatic rings. The molecular weight excluding hydrogens is 308 g/mol. The average molecular weight is 327 g/mol. The van der Waals surface area contributed by atoms with Crippen molar-refractivity contribution in [1.29, 1.82) is 0 Å². The van der Waals surface area contributed by atoms with Gasteiger partial charge in [-0.15, -0.1) is 0 Å². The summed E-state index contributed by atoms with van der Waals surface area (Å²) in [6.07, 6.45) is -0.0229. The van der Waals surface area contributed by atoms with Gasteiger partial charge in [0.25, 0.3) is 5.91 Å². The zero-order chi connectivity index (χ0) is 15.2. The first kappa shape index (κ1) is 15.0. The third-order valence-corrected chi connectivity index (χ3v) is 5.77. The van der Waals surface area contributed by atoms with Crippen molar-refractivity contribution in [2.24, 2.45) is 0 Å². The molecule has 3 rings (SSSR count). The Kier molecular flexibility index (Phi) is 3.84. The number of aliphatic hydroxyl groups excluding tert-OH is 1. The second-order valence-electron chi connectivity index (χ2n) is 6.13. The van der Waals surface area contributed by atoms with Gasteiger partial charge in [0.2, 0.25) is 0 Å². The first-order chi connectivity index (χ1) is 9.87. The Morgan fingerprint density at radius 3 is 2.95 bits per heavy atom. The summed E-state index contributed by atoms with van der Waals surface area (Å²) in [5, 5.41) is 13.1. The number of anilines is 2. The van der Waals surface area contributed by atoms with Gasteiger partial charge < -0.3 is 15.3 Å². The van der Waals surface area contributed by atoms with Gasteiger partial charge in [-0.1, -0.05) is 25.4 Å². The highest BCUT2D eigenvalue weighted by Gasteiger charge is 2.31. The Morgan fingerprint density at radius 2 is 2.19 bits per heavy atom. The van der Waals surface area contributed by atoms with E-state index in [2.05, 4.69) is 24.1 Å². The Labute approximate surface area is 133 Å². The fourth-order valence-electron chi connectivity index (χ4n) is 2.76. The predicted molar refractivity (Wildman–Crippen MR) is 88.4 cm³/mol. The molecule has 0 aromatic heterocycles. The van der Waals surface area contributed by atoms with Gasteiger partial charge in [0.15, 0.2) is 6.10 Å². The number of hydrogen-bond donors (Lipinski definition) is 2. The molecule has 0 saturated carbocycles. The molecule has 1 atom stereocenters. The van der Waals surface area contributed by atoms with Gasteiger partial charge in [0.05, 0.1) is 10.7 Å². The second-order valence-corrected chi connectivity index (χ2v) is 8.34. The minimum Gasteiger partial charge on any atom is -0.378 e. The summed E-state index contributed by atoms with van der Waals surface area (Å²) >= 11 is 8.36. The lowest BCUT2D eigenvalue weighted by atomic mass is 10.1. The molecule has 0 radical (unpaired) electrons. The number of nitrogens with zero attached hydrogens (tertiary/aromatic N) is 1. The second kappa shape index (κ2) is 5.38. The van der Waals surface area contributed by atoms with Crippen LogP contribution >= 0.6 is 23.4 Å². The van der Waals surface area contributed by atoms with E-state index in [-0.39, 0.29) is 10.7 Å². The van der Waals surface area contributed by atoms with E-state index in [0.717, 1.165) is 31.0 Å². The lowest BCUT2D eigenvalue weighted by molar-refractivity contribution is -0.123. The molecule has 0 spiro atoms. The van der Waals surface area contributed by atoms with Crippen molar-refractivity contribution in [1.82, 2.24) is 0 Å². The third kappa shape index (κ3) is 2.87. The number of benzene rings is 1. The van der Waals surface area contributed by atoms with Crippen LogP contribution < -0.4 is 10.2 Å². The molecule has 1 unspecified atom stereocenters. The number of aliphatic hydroxyl groups is 1. The van der Waals surface area contributed by atoms with Crippen molar-refractivity contribution in [2.75, 3.05) is 29.1 Å². The molecule has 21 heavy (non-hydrogen) atoms. The molecule has 0 bridgehead atoms. The van der Waals surface area contributed by atoms with Crippen molar-refractivity contribution in [3.8, 4) is 0 Å². The minimum atomic E-state index is -1.11. The molecule has 1 aromatic carbocycles. The molecule has 1 fully saturated rings. The van der Waals surface area contributed by atoms with Crippen molar-refractivity contribution in [3.05, 3.63) is 22.7 Å². The van der Waals surface area contributed by atoms with Gasteiger partial charge in [0, 0.05) is 34.8 Å². The summed E-state index contributed by atoms with van der Waals surface area (Å²) < 4.78 is 0.280. The number of hydrogen-bond acceptors (Lipinski definition) is 4. The molecular formula is C15H19ClN2O2S. The highest BCUT2D eigenvalue weighted by Crippen LogP contribution is 2.40. The predicted octanol–water partition coefficient (Wildman–Crippen LogP) is 3.05. The van der Waals surface area contributed by atoms with Crippen molar-refractivity contribution < 1.29 is 9.90 Å². The maximum absolute atomic E-state index is 11.5. The third-order valence-electron chi connectivity index (χ3n) is 4.10. The average Bonchev–Trinajstić information content (AvgIpc) is 2.59. The Bertz CT molecular complexity index is 591. The van der Waals surface area contributed by atoms with Crippen LogP contribution in [0.15, 0.2) is 12.1 Å². The number of halogens is 1. The monoisotopic (exact) mass is 326 g/mol. The molecule has 114 valence electrons. The Morgan fingerprint density at radius 1 is 1.43 bits per heavy atom. The minimum absolute atomic E-state index is 0.280. The number of carbonyl (C=O) groups excluding carboxylic acids is 1. The Hall–Kier alpha value is -0.910. The maximum Gasteiger partial charge on any atom is 0.257 e. The normalized spacial score (nSPS) is 24.5. The van der Waals surface area contributed by atoms with Gasteiger partial charge in [0.1, 0.15) is 0 Å². The number of fused-ring (bicyclic) bond motifs is 1. The molecule has 2 N–H and O–H groups in total. The number of amides is 1. The van der Waals surface area contributed by atoms with Crippen LogP contribution in [0, 0.1) is 0 Å². The van der Waals surface area contributed by atoms with Gasteiger partial charge >= 0.3 is 0 Å². The van der Waals surface area contributed by atoms with E-state index in [1.165, 1.54) is 0 Å². The first-order valence-electron chi connectivity index (χ1n) is 7.09. The van der Waals surface area contributed by atoms with E-state index in [1.54, 1.807) is 6.07 Å². The fourth-order valence-corrected chi connectivity index (χ4v) is 4.15. The van der Waals surface area contributed by atoms with Gasteiger partial charge in [-0.25, -0.2) is 0 Å². The largest absolute Gasteiger partial charge is 0.378 e. The molecule has 2 aliphatic heterocycles. The van der Waals surface area contributed by atoms with Crippen LogP contribution in [-0.4, -0.2) is 34.6 Å². The van der Waals surface area contributed by atoms with E-state index < -0.39 is 6.10 Å². The van der Waals surface area contributed by atoms with E-state index in [0.29, 0.717) is 16.3 Å². The fraction of sp³-hybridized carbons (Fsp3) is 0.533. The van der Waals surface area contributed by atoms with Crippen molar-refractivity contribution in [3.63, 3.8) is 0 Å². The first-order valence-corrected chi connectivity index (χ1v) is 8.45. The zero-order valence-electron chi connectivity index (χ0n) is 12.1. The number of thioether (sulfide) groups is 1. The standard InChI is InChI=1S/C15H19ClN2O2S/c1-15(2)3-4-18(5-6-21-15)12-8-11-9(7-10(12)16)13(19)14(20)17-11/h7-8,13,19H,3-6H2,1-2H3,(H,17,20). The molecule has 0 aliphatic carbocycles. The lowest BCUT2D eigenvalue weighted by Gasteiger charge is -2.25. The summed E-state index contributed by atoms with van der Waals surface area (Å²) in [4.78, 5) is 13.8. The maximum atomic E-state index is 11.5.